The van der Waals surface area contributed by atoms with Gasteiger partial charge in [-0.15, -0.1) is 0 Å². The third-order valence-corrected chi connectivity index (χ3v) is 4.36. The smallest absolute Gasteiger partial charge is 0.326 e. The van der Waals surface area contributed by atoms with Gasteiger partial charge in [-0.2, -0.15) is 0 Å². The van der Waals surface area contributed by atoms with Crippen molar-refractivity contribution in [2.75, 3.05) is 26.0 Å². The number of hydrogen-bond acceptors (Lipinski definition) is 3. The molecule has 1 unspecified atom stereocenters. The number of rotatable bonds is 6. The largest absolute Gasteiger partial charge is 0.497 e. The molecule has 144 valence electrons. The van der Waals surface area contributed by atoms with Crippen LogP contribution in [0.1, 0.15) is 5.56 Å². The maximum atomic E-state index is 12.1. The number of para-hydroxylation sites is 1. The number of imide groups is 1. The van der Waals surface area contributed by atoms with E-state index in [9.17, 15) is 9.59 Å². The van der Waals surface area contributed by atoms with Gasteiger partial charge in [0.05, 0.1) is 14.2 Å². The zero-order chi connectivity index (χ0) is 19.9. The number of benzene rings is 3. The standard InChI is InChI=1S/C22H23N3O3/c1-25(15-21(26)24-22(27)23-19-6-4-3-5-7-19)14-16-8-9-18-13-20(28-2)11-10-17(18)12-16/h3-13H,14-15H2,1-2H3,(H2,23,24,26,27)/p+1. The van der Waals surface area contributed by atoms with E-state index in [1.165, 1.54) is 0 Å². The summed E-state index contributed by atoms with van der Waals surface area (Å²) in [4.78, 5) is 25.0. The molecule has 3 aromatic carbocycles. The van der Waals surface area contributed by atoms with E-state index >= 15 is 0 Å². The lowest BCUT2D eigenvalue weighted by Crippen LogP contribution is -3.09. The predicted octanol–water partition coefficient (Wildman–Crippen LogP) is 2.21. The Bertz CT molecular complexity index is 973. The second-order valence-electron chi connectivity index (χ2n) is 6.73. The summed E-state index contributed by atoms with van der Waals surface area (Å²) >= 11 is 0. The van der Waals surface area contributed by atoms with E-state index in [-0.39, 0.29) is 12.5 Å². The first kappa shape index (κ1) is 19.4. The molecular formula is C22H24N3O3+. The minimum absolute atomic E-state index is 0.197. The van der Waals surface area contributed by atoms with Crippen LogP contribution >= 0.6 is 0 Å². The Morgan fingerprint density at radius 1 is 0.964 bits per heavy atom. The lowest BCUT2D eigenvalue weighted by Gasteiger charge is -2.14. The molecule has 0 aliphatic rings. The Morgan fingerprint density at radius 2 is 1.68 bits per heavy atom. The van der Waals surface area contributed by atoms with Crippen LogP contribution in [-0.2, 0) is 11.3 Å². The number of ether oxygens (including phenoxy) is 1. The highest BCUT2D eigenvalue weighted by molar-refractivity contribution is 6.01. The molecule has 0 fully saturated rings. The Balaban J connectivity index is 1.53. The zero-order valence-corrected chi connectivity index (χ0v) is 16.0. The highest BCUT2D eigenvalue weighted by Gasteiger charge is 2.14. The van der Waals surface area contributed by atoms with E-state index in [2.05, 4.69) is 16.7 Å². The van der Waals surface area contributed by atoms with Crippen LogP contribution in [0.4, 0.5) is 10.5 Å². The minimum atomic E-state index is -0.524. The van der Waals surface area contributed by atoms with E-state index < -0.39 is 6.03 Å². The van der Waals surface area contributed by atoms with Crippen molar-refractivity contribution in [3.8, 4) is 5.75 Å². The normalized spacial score (nSPS) is 11.6. The first-order valence-electron chi connectivity index (χ1n) is 9.07. The molecule has 0 saturated carbocycles. The number of anilines is 1. The number of nitrogens with one attached hydrogen (secondary N) is 3. The summed E-state index contributed by atoms with van der Waals surface area (Å²) in [7, 11) is 3.58. The van der Waals surface area contributed by atoms with Gasteiger partial charge in [-0.3, -0.25) is 10.1 Å². The molecule has 6 nitrogen and oxygen atoms in total. The molecule has 0 aliphatic carbocycles. The number of fused-ring (bicyclic) bond motifs is 1. The maximum absolute atomic E-state index is 12.1. The molecule has 3 aromatic rings. The topological polar surface area (TPSA) is 71.9 Å². The summed E-state index contributed by atoms with van der Waals surface area (Å²) in [6.07, 6.45) is 0. The average Bonchev–Trinajstić information content (AvgIpc) is 2.67. The average molecular weight is 378 g/mol. The number of likely N-dealkylation sites (N-methyl/N-ethyl adjacent to an activating group) is 1. The van der Waals surface area contributed by atoms with E-state index in [1.54, 1.807) is 19.2 Å². The molecule has 0 aliphatic heterocycles. The monoisotopic (exact) mass is 378 g/mol. The van der Waals surface area contributed by atoms with Crippen molar-refractivity contribution in [2.45, 2.75) is 6.54 Å². The Hall–Kier alpha value is -3.38. The van der Waals surface area contributed by atoms with E-state index in [0.29, 0.717) is 12.2 Å². The summed E-state index contributed by atoms with van der Waals surface area (Å²) in [5.74, 6) is 0.505. The molecule has 3 amide bonds. The number of amides is 3. The van der Waals surface area contributed by atoms with E-state index in [0.717, 1.165) is 27.0 Å². The van der Waals surface area contributed by atoms with Gasteiger partial charge < -0.3 is 15.0 Å². The van der Waals surface area contributed by atoms with E-state index in [1.807, 2.05) is 55.6 Å². The van der Waals surface area contributed by atoms with Gasteiger partial charge in [-0.25, -0.2) is 4.79 Å². The van der Waals surface area contributed by atoms with Crippen LogP contribution < -0.4 is 20.3 Å². The van der Waals surface area contributed by atoms with Gasteiger partial charge in [-0.05, 0) is 41.1 Å². The minimum Gasteiger partial charge on any atom is -0.497 e. The van der Waals surface area contributed by atoms with Crippen molar-refractivity contribution in [3.63, 3.8) is 0 Å². The fraction of sp³-hybridized carbons (Fsp3) is 0.182. The molecule has 28 heavy (non-hydrogen) atoms. The Labute approximate surface area is 164 Å². The van der Waals surface area contributed by atoms with Gasteiger partial charge in [0.15, 0.2) is 6.54 Å². The zero-order valence-electron chi connectivity index (χ0n) is 16.0. The molecule has 6 heteroatoms. The molecule has 0 radical (unpaired) electrons. The molecule has 0 spiro atoms. The Morgan fingerprint density at radius 3 is 2.43 bits per heavy atom. The fourth-order valence-electron chi connectivity index (χ4n) is 3.05. The lowest BCUT2D eigenvalue weighted by atomic mass is 10.1. The number of quaternary nitrogens is 1. The van der Waals surface area contributed by atoms with Gasteiger partial charge in [-0.1, -0.05) is 36.4 Å². The third-order valence-electron chi connectivity index (χ3n) is 4.36. The van der Waals surface area contributed by atoms with Crippen molar-refractivity contribution in [3.05, 3.63) is 72.3 Å². The third kappa shape index (κ3) is 5.31. The molecule has 0 bridgehead atoms. The summed E-state index contributed by atoms with van der Waals surface area (Å²) in [5.41, 5.74) is 1.76. The second-order valence-corrected chi connectivity index (χ2v) is 6.73. The Kier molecular flexibility index (Phi) is 6.24. The highest BCUT2D eigenvalue weighted by Crippen LogP contribution is 2.21. The van der Waals surface area contributed by atoms with Crippen LogP contribution in [0.2, 0.25) is 0 Å². The number of carbonyl (C=O) groups is 2. The maximum Gasteiger partial charge on any atom is 0.326 e. The van der Waals surface area contributed by atoms with Gasteiger partial charge in [0, 0.05) is 11.3 Å². The number of methoxy groups -OCH3 is 1. The van der Waals surface area contributed by atoms with Crippen LogP contribution in [0.3, 0.4) is 0 Å². The van der Waals surface area contributed by atoms with Gasteiger partial charge in [0.1, 0.15) is 12.3 Å². The molecule has 3 N–H and O–H groups in total. The SMILES string of the molecule is COc1ccc2cc(C[NH+](C)CC(=O)NC(=O)Nc3ccccc3)ccc2c1. The fourth-order valence-corrected chi connectivity index (χ4v) is 3.05. The van der Waals surface area contributed by atoms with Crippen molar-refractivity contribution in [1.82, 2.24) is 5.32 Å². The lowest BCUT2D eigenvalue weighted by molar-refractivity contribution is -0.885. The molecule has 0 heterocycles. The molecule has 0 aromatic heterocycles. The van der Waals surface area contributed by atoms with Gasteiger partial charge >= 0.3 is 6.03 Å². The van der Waals surface area contributed by atoms with Crippen LogP contribution in [-0.4, -0.2) is 32.6 Å². The van der Waals surface area contributed by atoms with Crippen molar-refractivity contribution in [1.29, 1.82) is 0 Å². The predicted molar refractivity (Wildman–Crippen MR) is 110 cm³/mol. The molecular weight excluding hydrogens is 354 g/mol. The van der Waals surface area contributed by atoms with Gasteiger partial charge in [0.25, 0.3) is 5.91 Å². The number of carbonyl (C=O) groups excluding carboxylic acids is 2. The summed E-state index contributed by atoms with van der Waals surface area (Å²) in [6.45, 7) is 0.874. The molecule has 1 atom stereocenters. The van der Waals surface area contributed by atoms with Crippen LogP contribution in [0, 0.1) is 0 Å². The highest BCUT2D eigenvalue weighted by atomic mass is 16.5. The van der Waals surface area contributed by atoms with Crippen molar-refractivity contribution >= 4 is 28.4 Å². The molecule has 3 rings (SSSR count). The molecule has 0 saturated heterocycles. The first-order valence-corrected chi connectivity index (χ1v) is 9.07. The van der Waals surface area contributed by atoms with Crippen LogP contribution in [0.15, 0.2) is 66.7 Å². The summed E-state index contributed by atoms with van der Waals surface area (Å²) < 4.78 is 5.25. The van der Waals surface area contributed by atoms with Gasteiger partial charge in [0.2, 0.25) is 0 Å². The number of urea groups is 1. The first-order chi connectivity index (χ1) is 13.5. The summed E-state index contributed by atoms with van der Waals surface area (Å²) in [6, 6.07) is 20.6. The number of hydrogen-bond donors (Lipinski definition) is 3. The van der Waals surface area contributed by atoms with Crippen molar-refractivity contribution in [2.24, 2.45) is 0 Å². The van der Waals surface area contributed by atoms with E-state index in [4.69, 9.17) is 4.74 Å². The second kappa shape index (κ2) is 9.01. The quantitative estimate of drug-likeness (QED) is 0.616. The van der Waals surface area contributed by atoms with Crippen molar-refractivity contribution < 1.29 is 19.2 Å². The van der Waals surface area contributed by atoms with Crippen LogP contribution in [0.5, 0.6) is 5.75 Å². The van der Waals surface area contributed by atoms with Crippen LogP contribution in [0.25, 0.3) is 10.8 Å². The summed E-state index contributed by atoms with van der Waals surface area (Å²) in [5, 5.41) is 7.23.